The van der Waals surface area contributed by atoms with Gasteiger partial charge in [-0.25, -0.2) is 13.4 Å². The van der Waals surface area contributed by atoms with Crippen LogP contribution in [0.3, 0.4) is 0 Å². The molecule has 6 rings (SSSR count). The van der Waals surface area contributed by atoms with Crippen molar-refractivity contribution in [3.8, 4) is 10.6 Å². The number of thiophene rings is 1. The molecule has 2 aliphatic heterocycles. The highest BCUT2D eigenvalue weighted by atomic mass is 32.2. The van der Waals surface area contributed by atoms with Gasteiger partial charge in [-0.2, -0.15) is 4.31 Å². The normalized spacial score (nSPS) is 19.1. The van der Waals surface area contributed by atoms with E-state index in [1.165, 1.54) is 21.3 Å². The summed E-state index contributed by atoms with van der Waals surface area (Å²) in [6.07, 6.45) is 0. The van der Waals surface area contributed by atoms with Crippen molar-refractivity contribution < 1.29 is 17.9 Å². The third-order valence-electron chi connectivity index (χ3n) is 6.72. The molecule has 4 heterocycles. The fourth-order valence-corrected chi connectivity index (χ4v) is 8.50. The summed E-state index contributed by atoms with van der Waals surface area (Å²) in [4.78, 5) is 21.7. The van der Waals surface area contributed by atoms with Gasteiger partial charge in [0.2, 0.25) is 10.0 Å². The summed E-state index contributed by atoms with van der Waals surface area (Å²) in [5.41, 5.74) is 3.60. The number of para-hydroxylation sites is 1. The molecule has 0 radical (unpaired) electrons. The lowest BCUT2D eigenvalue weighted by Crippen LogP contribution is -2.40. The monoisotopic (exact) mass is 554 g/mol. The van der Waals surface area contributed by atoms with Gasteiger partial charge in [-0.3, -0.25) is 9.69 Å². The number of likely N-dealkylation sites (N-methyl/N-ethyl adjacent to an activating group) is 1. The fraction of sp³-hybridized carbons (Fsp3) is 0.308. The van der Waals surface area contributed by atoms with Crippen LogP contribution in [0.4, 0.5) is 0 Å². The first kappa shape index (κ1) is 24.7. The van der Waals surface area contributed by atoms with Crippen molar-refractivity contribution in [1.29, 1.82) is 0 Å². The molecule has 11 heteroatoms. The van der Waals surface area contributed by atoms with E-state index in [1.54, 1.807) is 34.8 Å². The summed E-state index contributed by atoms with van der Waals surface area (Å²) in [6, 6.07) is 14.1. The summed E-state index contributed by atoms with van der Waals surface area (Å²) < 4.78 is 33.7. The Morgan fingerprint density at radius 2 is 1.86 bits per heavy atom. The number of fused-ring (bicyclic) bond motifs is 2. The van der Waals surface area contributed by atoms with Crippen LogP contribution in [0.5, 0.6) is 0 Å². The first-order chi connectivity index (χ1) is 17.9. The molecule has 1 atom stereocenters. The Bertz CT molecular complexity index is 1520. The van der Waals surface area contributed by atoms with Crippen LogP contribution in [0, 0.1) is 0 Å². The topological polar surface area (TPSA) is 91.8 Å². The number of nitrogens with zero attached hydrogens (tertiary/aromatic N) is 3. The highest BCUT2D eigenvalue weighted by molar-refractivity contribution is 7.89. The van der Waals surface area contributed by atoms with Crippen LogP contribution in [0.15, 0.2) is 58.8 Å². The van der Waals surface area contributed by atoms with Crippen molar-refractivity contribution in [2.45, 2.75) is 17.5 Å². The highest BCUT2D eigenvalue weighted by Crippen LogP contribution is 2.42. The Kier molecular flexibility index (Phi) is 6.59. The number of morpholine rings is 1. The zero-order chi connectivity index (χ0) is 25.6. The molecule has 4 aromatic rings. The van der Waals surface area contributed by atoms with Gasteiger partial charge < -0.3 is 10.1 Å². The van der Waals surface area contributed by atoms with Crippen LogP contribution in [0.2, 0.25) is 0 Å². The number of thiazole rings is 1. The zero-order valence-corrected chi connectivity index (χ0v) is 22.7. The second kappa shape index (κ2) is 9.90. The predicted molar refractivity (Wildman–Crippen MR) is 145 cm³/mol. The van der Waals surface area contributed by atoms with E-state index in [9.17, 15) is 13.2 Å². The first-order valence-corrected chi connectivity index (χ1v) is 15.2. The number of amides is 1. The molecule has 0 spiro atoms. The van der Waals surface area contributed by atoms with Crippen molar-refractivity contribution >= 4 is 48.8 Å². The molecule has 0 bridgehead atoms. The van der Waals surface area contributed by atoms with Crippen molar-refractivity contribution in [3.63, 3.8) is 0 Å². The fourth-order valence-electron chi connectivity index (χ4n) is 4.85. The minimum atomic E-state index is -3.61. The number of benzene rings is 2. The Labute approximate surface area is 223 Å². The van der Waals surface area contributed by atoms with E-state index >= 15 is 0 Å². The van der Waals surface area contributed by atoms with E-state index in [2.05, 4.69) is 21.7 Å². The average Bonchev–Trinajstić information content (AvgIpc) is 3.53. The number of ether oxygens (including phenoxy) is 1. The Morgan fingerprint density at radius 1 is 1.11 bits per heavy atom. The van der Waals surface area contributed by atoms with E-state index in [0.29, 0.717) is 38.4 Å². The Morgan fingerprint density at radius 3 is 2.62 bits per heavy atom. The maximum atomic E-state index is 13.3. The molecule has 2 aromatic heterocycles. The predicted octanol–water partition coefficient (Wildman–Crippen LogP) is 3.96. The number of hydrogen-bond acceptors (Lipinski definition) is 8. The van der Waals surface area contributed by atoms with Crippen LogP contribution < -0.4 is 5.32 Å². The minimum Gasteiger partial charge on any atom is -0.379 e. The third-order valence-corrected chi connectivity index (χ3v) is 10.7. The number of sulfonamides is 1. The molecule has 1 saturated heterocycles. The van der Waals surface area contributed by atoms with Crippen molar-refractivity contribution in [1.82, 2.24) is 19.5 Å². The van der Waals surface area contributed by atoms with Gasteiger partial charge in [0.25, 0.3) is 5.91 Å². The minimum absolute atomic E-state index is 0.182. The molecular formula is C26H26N4O4S3. The molecule has 37 heavy (non-hydrogen) atoms. The molecule has 2 aliphatic rings. The smallest absolute Gasteiger partial charge is 0.251 e. The van der Waals surface area contributed by atoms with Crippen LogP contribution in [-0.4, -0.2) is 68.4 Å². The van der Waals surface area contributed by atoms with Crippen LogP contribution in [-0.2, 0) is 21.3 Å². The van der Waals surface area contributed by atoms with Gasteiger partial charge in [0, 0.05) is 53.1 Å². The van der Waals surface area contributed by atoms with E-state index in [4.69, 9.17) is 9.72 Å². The van der Waals surface area contributed by atoms with Crippen LogP contribution >= 0.6 is 22.7 Å². The van der Waals surface area contributed by atoms with E-state index in [-0.39, 0.29) is 16.8 Å². The summed E-state index contributed by atoms with van der Waals surface area (Å²) in [5.74, 6) is -0.233. The number of hydrogen-bond donors (Lipinski definition) is 1. The second-order valence-corrected chi connectivity index (χ2v) is 13.2. The molecular weight excluding hydrogens is 529 g/mol. The van der Waals surface area contributed by atoms with E-state index < -0.39 is 10.0 Å². The van der Waals surface area contributed by atoms with E-state index in [1.807, 2.05) is 25.2 Å². The molecule has 2 aromatic carbocycles. The van der Waals surface area contributed by atoms with Crippen molar-refractivity contribution in [3.05, 3.63) is 69.9 Å². The van der Waals surface area contributed by atoms with Crippen LogP contribution in [0.1, 0.15) is 26.8 Å². The quantitative estimate of drug-likeness (QED) is 0.402. The number of rotatable bonds is 5. The molecule has 1 amide bonds. The molecule has 1 unspecified atom stereocenters. The Balaban J connectivity index is 1.25. The van der Waals surface area contributed by atoms with Crippen molar-refractivity contribution in [2.75, 3.05) is 39.9 Å². The number of carbonyl (C=O) groups is 1. The van der Waals surface area contributed by atoms with Gasteiger partial charge in [0.15, 0.2) is 0 Å². The number of carbonyl (C=O) groups excluding carboxylic acids is 1. The number of aromatic nitrogens is 1. The third kappa shape index (κ3) is 4.71. The summed E-state index contributed by atoms with van der Waals surface area (Å²) in [6.45, 7) is 2.94. The molecule has 192 valence electrons. The lowest BCUT2D eigenvalue weighted by molar-refractivity contribution is 0.0730. The first-order valence-electron chi connectivity index (χ1n) is 12.0. The van der Waals surface area contributed by atoms with Gasteiger partial charge in [0.05, 0.1) is 34.4 Å². The van der Waals surface area contributed by atoms with E-state index in [0.717, 1.165) is 32.9 Å². The number of nitrogens with one attached hydrogen (secondary N) is 1. The standard InChI is InChI=1S/C26H26N4O4S3/c1-29-14-21(24-19(16-35-23(24)15-29)26-28-20-4-2-3-5-22(20)36-26)27-25(31)17-6-8-18(9-7-17)37(32,33)30-10-12-34-13-11-30/h2-9,16,21H,10-15H2,1H3,(H,27,31). The maximum absolute atomic E-state index is 13.3. The molecule has 1 fully saturated rings. The molecule has 8 nitrogen and oxygen atoms in total. The van der Waals surface area contributed by atoms with Crippen LogP contribution in [0.25, 0.3) is 20.8 Å². The SMILES string of the molecule is CN1Cc2scc(-c3nc4ccccc4s3)c2C(NC(=O)c2ccc(S(=O)(=O)N3CCOCC3)cc2)C1. The van der Waals surface area contributed by atoms with Crippen molar-refractivity contribution in [2.24, 2.45) is 0 Å². The van der Waals surface area contributed by atoms with Gasteiger partial charge >= 0.3 is 0 Å². The lowest BCUT2D eigenvalue weighted by atomic mass is 9.98. The summed E-state index contributed by atoms with van der Waals surface area (Å²) >= 11 is 3.36. The largest absolute Gasteiger partial charge is 0.379 e. The average molecular weight is 555 g/mol. The maximum Gasteiger partial charge on any atom is 0.251 e. The summed E-state index contributed by atoms with van der Waals surface area (Å²) in [5, 5.41) is 6.30. The second-order valence-electron chi connectivity index (χ2n) is 9.24. The molecule has 1 N–H and O–H groups in total. The van der Waals surface area contributed by atoms with Gasteiger partial charge in [-0.15, -0.1) is 22.7 Å². The lowest BCUT2D eigenvalue weighted by Gasteiger charge is -2.31. The highest BCUT2D eigenvalue weighted by Gasteiger charge is 2.31. The van der Waals surface area contributed by atoms with Gasteiger partial charge in [0.1, 0.15) is 5.01 Å². The van der Waals surface area contributed by atoms with Gasteiger partial charge in [-0.1, -0.05) is 12.1 Å². The molecule has 0 aliphatic carbocycles. The Hall–Kier alpha value is -2.67. The molecule has 0 saturated carbocycles. The van der Waals surface area contributed by atoms with Gasteiger partial charge in [-0.05, 0) is 43.4 Å². The zero-order valence-electron chi connectivity index (χ0n) is 20.2. The summed E-state index contributed by atoms with van der Waals surface area (Å²) in [7, 11) is -1.56.